The highest BCUT2D eigenvalue weighted by atomic mass is 16.2. The van der Waals surface area contributed by atoms with Crippen LogP contribution in [0.4, 0.5) is 5.69 Å². The van der Waals surface area contributed by atoms with Crippen molar-refractivity contribution >= 4 is 17.2 Å². The lowest BCUT2D eigenvalue weighted by molar-refractivity contribution is 0.0728. The summed E-state index contributed by atoms with van der Waals surface area (Å²) in [6.45, 7) is 12.7. The van der Waals surface area contributed by atoms with Gasteiger partial charge in [0.2, 0.25) is 0 Å². The van der Waals surface area contributed by atoms with Crippen molar-refractivity contribution < 1.29 is 4.79 Å². The molecule has 0 bridgehead atoms. The van der Waals surface area contributed by atoms with Gasteiger partial charge in [0, 0.05) is 49.2 Å². The van der Waals surface area contributed by atoms with Gasteiger partial charge in [-0.1, -0.05) is 42.0 Å². The van der Waals surface area contributed by atoms with Crippen LogP contribution in [0.5, 0.6) is 0 Å². The molecule has 1 saturated heterocycles. The normalized spacial score (nSPS) is 16.2. The molecule has 1 aliphatic rings. The fraction of sp³-hybridized carbons (Fsp3) is 0.345. The van der Waals surface area contributed by atoms with Crippen molar-refractivity contribution in [2.45, 2.75) is 47.1 Å². The molecule has 0 unspecified atom stereocenters. The van der Waals surface area contributed by atoms with Crippen LogP contribution in [0.2, 0.25) is 0 Å². The van der Waals surface area contributed by atoms with Crippen LogP contribution in [0.1, 0.15) is 50.9 Å². The van der Waals surface area contributed by atoms with Crippen LogP contribution in [0.25, 0.3) is 5.65 Å². The van der Waals surface area contributed by atoms with Crippen molar-refractivity contribution in [3.63, 3.8) is 0 Å². The van der Waals surface area contributed by atoms with Gasteiger partial charge in [-0.2, -0.15) is 5.10 Å². The summed E-state index contributed by atoms with van der Waals surface area (Å²) < 4.78 is 1.83. The van der Waals surface area contributed by atoms with Gasteiger partial charge in [0.25, 0.3) is 5.91 Å². The van der Waals surface area contributed by atoms with Gasteiger partial charge in [0.05, 0.1) is 6.20 Å². The fourth-order valence-electron chi connectivity index (χ4n) is 5.25. The van der Waals surface area contributed by atoms with E-state index in [0.29, 0.717) is 24.3 Å². The Kier molecular flexibility index (Phi) is 6.05. The third kappa shape index (κ3) is 4.41. The molecule has 1 atom stereocenters. The van der Waals surface area contributed by atoms with Crippen LogP contribution in [0.15, 0.2) is 54.7 Å². The summed E-state index contributed by atoms with van der Waals surface area (Å²) in [6, 6.07) is 17.3. The third-order valence-electron chi connectivity index (χ3n) is 7.15. The first-order valence-corrected chi connectivity index (χ1v) is 12.3. The summed E-state index contributed by atoms with van der Waals surface area (Å²) in [6.07, 6.45) is 2.48. The molecule has 0 saturated carbocycles. The van der Waals surface area contributed by atoms with Gasteiger partial charge in [-0.3, -0.25) is 4.79 Å². The Balaban J connectivity index is 1.39. The number of benzene rings is 2. The second-order valence-electron chi connectivity index (χ2n) is 9.85. The van der Waals surface area contributed by atoms with Gasteiger partial charge >= 0.3 is 0 Å². The van der Waals surface area contributed by atoms with Crippen molar-refractivity contribution in [1.29, 1.82) is 0 Å². The standard InChI is InChI=1S/C29H33N5O/c1-19-8-6-10-24(14-19)16-26-22(4)31-28-27(17-30-34(28)23(26)5)29(35)32-12-13-33(21(3)18-32)25-11-7-9-20(2)15-25/h6-11,14-15,17,21H,12-13,16,18H2,1-5H3/t21-/m1/s1. The van der Waals surface area contributed by atoms with E-state index >= 15 is 0 Å². The van der Waals surface area contributed by atoms with Crippen molar-refractivity contribution in [2.75, 3.05) is 24.5 Å². The molecule has 180 valence electrons. The number of fused-ring (bicyclic) bond motifs is 1. The van der Waals surface area contributed by atoms with Gasteiger partial charge in [0.15, 0.2) is 5.65 Å². The van der Waals surface area contributed by atoms with Gasteiger partial charge in [0.1, 0.15) is 5.56 Å². The van der Waals surface area contributed by atoms with E-state index in [1.807, 2.05) is 16.3 Å². The molecule has 2 aromatic heterocycles. The highest BCUT2D eigenvalue weighted by Gasteiger charge is 2.30. The minimum absolute atomic E-state index is 0.00785. The quantitative estimate of drug-likeness (QED) is 0.428. The summed E-state index contributed by atoms with van der Waals surface area (Å²) in [5.41, 5.74) is 9.32. The Bertz CT molecular complexity index is 1410. The number of hydrogen-bond donors (Lipinski definition) is 0. The van der Waals surface area contributed by atoms with Crippen LogP contribution in [0.3, 0.4) is 0 Å². The van der Waals surface area contributed by atoms with Crippen LogP contribution < -0.4 is 4.90 Å². The molecule has 1 fully saturated rings. The van der Waals surface area contributed by atoms with Crippen molar-refractivity contribution in [2.24, 2.45) is 0 Å². The van der Waals surface area contributed by atoms with Gasteiger partial charge < -0.3 is 9.80 Å². The summed E-state index contributed by atoms with van der Waals surface area (Å²) in [5, 5.41) is 4.58. The number of piperazine rings is 1. The number of rotatable bonds is 4. The number of hydrogen-bond acceptors (Lipinski definition) is 4. The van der Waals surface area contributed by atoms with E-state index in [9.17, 15) is 4.79 Å². The molecule has 1 amide bonds. The molecule has 0 aliphatic carbocycles. The maximum absolute atomic E-state index is 13.6. The molecular formula is C29H33N5O. The Labute approximate surface area is 207 Å². The minimum Gasteiger partial charge on any atom is -0.365 e. The molecule has 0 spiro atoms. The Morgan fingerprint density at radius 1 is 1.00 bits per heavy atom. The van der Waals surface area contributed by atoms with Gasteiger partial charge in [-0.25, -0.2) is 9.50 Å². The lowest BCUT2D eigenvalue weighted by Gasteiger charge is -2.41. The van der Waals surface area contributed by atoms with Crippen molar-refractivity contribution in [1.82, 2.24) is 19.5 Å². The van der Waals surface area contributed by atoms with E-state index in [1.54, 1.807) is 6.20 Å². The largest absolute Gasteiger partial charge is 0.365 e. The van der Waals surface area contributed by atoms with Crippen molar-refractivity contribution in [3.05, 3.63) is 93.9 Å². The number of anilines is 1. The Hall–Kier alpha value is -3.67. The van der Waals surface area contributed by atoms with Gasteiger partial charge in [-0.05, 0) is 63.4 Å². The molecule has 2 aromatic carbocycles. The maximum Gasteiger partial charge on any atom is 0.259 e. The highest BCUT2D eigenvalue weighted by molar-refractivity contribution is 6.00. The average Bonchev–Trinajstić information content (AvgIpc) is 3.25. The predicted octanol–water partition coefficient (Wildman–Crippen LogP) is 4.90. The molecule has 3 heterocycles. The maximum atomic E-state index is 13.6. The van der Waals surface area contributed by atoms with E-state index in [0.717, 1.165) is 29.9 Å². The number of carbonyl (C=O) groups is 1. The lowest BCUT2D eigenvalue weighted by atomic mass is 10.0. The molecule has 6 heteroatoms. The topological polar surface area (TPSA) is 53.7 Å². The van der Waals surface area contributed by atoms with Crippen LogP contribution in [0, 0.1) is 27.7 Å². The summed E-state index contributed by atoms with van der Waals surface area (Å²) in [7, 11) is 0. The lowest BCUT2D eigenvalue weighted by Crippen LogP contribution is -2.53. The summed E-state index contributed by atoms with van der Waals surface area (Å²) in [5.74, 6) is 0.00785. The molecule has 5 rings (SSSR count). The minimum atomic E-state index is 0.00785. The summed E-state index contributed by atoms with van der Waals surface area (Å²) in [4.78, 5) is 22.8. The molecule has 6 nitrogen and oxygen atoms in total. The van der Waals surface area contributed by atoms with E-state index in [-0.39, 0.29) is 11.9 Å². The Morgan fingerprint density at radius 3 is 2.46 bits per heavy atom. The second kappa shape index (κ2) is 9.17. The summed E-state index contributed by atoms with van der Waals surface area (Å²) >= 11 is 0. The first-order valence-electron chi connectivity index (χ1n) is 12.3. The monoisotopic (exact) mass is 467 g/mol. The SMILES string of the molecule is Cc1cccc(Cc2c(C)nc3c(C(=O)N4CCN(c5cccc(C)c5)[C@H](C)C4)cnn3c2C)c1. The van der Waals surface area contributed by atoms with E-state index < -0.39 is 0 Å². The third-order valence-corrected chi connectivity index (χ3v) is 7.15. The van der Waals surface area contributed by atoms with Crippen LogP contribution >= 0.6 is 0 Å². The fourth-order valence-corrected chi connectivity index (χ4v) is 5.25. The zero-order valence-corrected chi connectivity index (χ0v) is 21.2. The van der Waals surface area contributed by atoms with E-state index in [4.69, 9.17) is 4.98 Å². The molecule has 0 radical (unpaired) electrons. The van der Waals surface area contributed by atoms with E-state index in [2.05, 4.69) is 86.2 Å². The number of aromatic nitrogens is 3. The highest BCUT2D eigenvalue weighted by Crippen LogP contribution is 2.25. The molecule has 1 aliphatic heterocycles. The number of nitrogens with zero attached hydrogens (tertiary/aromatic N) is 5. The Morgan fingerprint density at radius 2 is 1.74 bits per heavy atom. The molecular weight excluding hydrogens is 434 g/mol. The van der Waals surface area contributed by atoms with Crippen molar-refractivity contribution in [3.8, 4) is 0 Å². The second-order valence-corrected chi connectivity index (χ2v) is 9.85. The zero-order valence-electron chi connectivity index (χ0n) is 21.2. The predicted molar refractivity (Wildman–Crippen MR) is 140 cm³/mol. The van der Waals surface area contributed by atoms with Gasteiger partial charge in [-0.15, -0.1) is 0 Å². The molecule has 4 aromatic rings. The van der Waals surface area contributed by atoms with E-state index in [1.165, 1.54) is 22.4 Å². The average molecular weight is 468 g/mol. The molecule has 35 heavy (non-hydrogen) atoms. The number of amides is 1. The smallest absolute Gasteiger partial charge is 0.259 e. The number of aryl methyl sites for hydroxylation is 4. The first-order chi connectivity index (χ1) is 16.8. The molecule has 0 N–H and O–H groups in total. The van der Waals surface area contributed by atoms with Crippen LogP contribution in [-0.2, 0) is 6.42 Å². The van der Waals surface area contributed by atoms with Crippen LogP contribution in [-0.4, -0.2) is 51.1 Å². The number of carbonyl (C=O) groups excluding carboxylic acids is 1. The first kappa shape index (κ1) is 23.1. The zero-order chi connectivity index (χ0) is 24.7.